The third-order valence-corrected chi connectivity index (χ3v) is 1.92. The van der Waals surface area contributed by atoms with Gasteiger partial charge in [0.15, 0.2) is 0 Å². The van der Waals surface area contributed by atoms with Crippen molar-refractivity contribution in [1.29, 1.82) is 5.26 Å². The van der Waals surface area contributed by atoms with E-state index in [9.17, 15) is 0 Å². The molecule has 0 bridgehead atoms. The maximum atomic E-state index is 8.93. The summed E-state index contributed by atoms with van der Waals surface area (Å²) >= 11 is 0. The van der Waals surface area contributed by atoms with E-state index in [1.54, 1.807) is 19.4 Å². The van der Waals surface area contributed by atoms with Gasteiger partial charge in [0.25, 0.3) is 0 Å². The molecular formula is C10H13N3O. The van der Waals surface area contributed by atoms with Crippen LogP contribution < -0.4 is 4.74 Å². The maximum absolute atomic E-state index is 8.93. The van der Waals surface area contributed by atoms with E-state index in [1.807, 2.05) is 25.1 Å². The molecule has 0 fully saturated rings. The lowest BCUT2D eigenvalue weighted by atomic mass is 10.1. The lowest BCUT2D eigenvalue weighted by Gasteiger charge is -2.16. The first-order valence-corrected chi connectivity index (χ1v) is 4.25. The second-order valence-electron chi connectivity index (χ2n) is 3.13. The molecule has 74 valence electrons. The summed E-state index contributed by atoms with van der Waals surface area (Å²) in [6.45, 7) is 0. The lowest BCUT2D eigenvalue weighted by Crippen LogP contribution is -2.18. The molecule has 0 radical (unpaired) electrons. The number of rotatable bonds is 3. The molecule has 4 nitrogen and oxygen atoms in total. The number of hydrogen-bond donors (Lipinski definition) is 0. The Balaban J connectivity index is 2.91. The highest BCUT2D eigenvalue weighted by molar-refractivity contribution is 5.24. The molecule has 1 aromatic heterocycles. The van der Waals surface area contributed by atoms with Gasteiger partial charge >= 0.3 is 0 Å². The molecule has 0 spiro atoms. The van der Waals surface area contributed by atoms with Crippen LogP contribution in [0.25, 0.3) is 0 Å². The van der Waals surface area contributed by atoms with Crippen molar-refractivity contribution >= 4 is 0 Å². The second kappa shape index (κ2) is 4.58. The van der Waals surface area contributed by atoms with Crippen LogP contribution in [0.3, 0.4) is 0 Å². The van der Waals surface area contributed by atoms with Crippen LogP contribution in [0.15, 0.2) is 18.3 Å². The highest BCUT2D eigenvalue weighted by Crippen LogP contribution is 2.17. The third kappa shape index (κ3) is 2.21. The molecule has 1 unspecified atom stereocenters. The zero-order chi connectivity index (χ0) is 10.6. The molecule has 0 aromatic carbocycles. The average Bonchev–Trinajstić information content (AvgIpc) is 2.19. The second-order valence-corrected chi connectivity index (χ2v) is 3.13. The van der Waals surface area contributed by atoms with E-state index in [0.717, 1.165) is 5.56 Å². The van der Waals surface area contributed by atoms with Crippen molar-refractivity contribution in [2.75, 3.05) is 21.2 Å². The Hall–Kier alpha value is -1.60. The van der Waals surface area contributed by atoms with Gasteiger partial charge in [0.05, 0.1) is 13.2 Å². The Bertz CT molecular complexity index is 326. The quantitative estimate of drug-likeness (QED) is 0.720. The van der Waals surface area contributed by atoms with Crippen LogP contribution in [0.5, 0.6) is 5.88 Å². The van der Waals surface area contributed by atoms with Crippen LogP contribution in [0.1, 0.15) is 11.6 Å². The van der Waals surface area contributed by atoms with Crippen LogP contribution in [-0.4, -0.2) is 31.1 Å². The largest absolute Gasteiger partial charge is 0.481 e. The van der Waals surface area contributed by atoms with Gasteiger partial charge in [-0.2, -0.15) is 5.26 Å². The van der Waals surface area contributed by atoms with Crippen LogP contribution in [0.4, 0.5) is 0 Å². The number of ether oxygens (including phenoxy) is 1. The van der Waals surface area contributed by atoms with Crippen molar-refractivity contribution in [2.45, 2.75) is 6.04 Å². The Labute approximate surface area is 83.7 Å². The summed E-state index contributed by atoms with van der Waals surface area (Å²) in [5.74, 6) is 0.559. The van der Waals surface area contributed by atoms with Crippen LogP contribution in [-0.2, 0) is 0 Å². The summed E-state index contributed by atoms with van der Waals surface area (Å²) in [7, 11) is 5.28. The smallest absolute Gasteiger partial charge is 0.212 e. The van der Waals surface area contributed by atoms with E-state index in [-0.39, 0.29) is 6.04 Å². The normalized spacial score (nSPS) is 12.2. The molecule has 1 aromatic rings. The minimum absolute atomic E-state index is 0.256. The number of hydrogen-bond acceptors (Lipinski definition) is 4. The number of methoxy groups -OCH3 is 1. The van der Waals surface area contributed by atoms with Crippen molar-refractivity contribution in [3.05, 3.63) is 23.9 Å². The molecule has 0 amide bonds. The molecule has 1 atom stereocenters. The Morgan fingerprint density at radius 3 is 2.57 bits per heavy atom. The topological polar surface area (TPSA) is 49.1 Å². The predicted octanol–water partition coefficient (Wildman–Crippen LogP) is 1.22. The zero-order valence-electron chi connectivity index (χ0n) is 8.56. The first kappa shape index (κ1) is 10.5. The van der Waals surface area contributed by atoms with E-state index in [4.69, 9.17) is 10.00 Å². The summed E-state index contributed by atoms with van der Waals surface area (Å²) in [4.78, 5) is 5.89. The Kier molecular flexibility index (Phi) is 3.43. The number of aromatic nitrogens is 1. The summed E-state index contributed by atoms with van der Waals surface area (Å²) in [6, 6.07) is 5.54. The monoisotopic (exact) mass is 191 g/mol. The molecule has 1 heterocycles. The van der Waals surface area contributed by atoms with E-state index >= 15 is 0 Å². The van der Waals surface area contributed by atoms with Gasteiger partial charge in [0.1, 0.15) is 6.04 Å². The van der Waals surface area contributed by atoms with Gasteiger partial charge in [-0.3, -0.25) is 4.90 Å². The maximum Gasteiger partial charge on any atom is 0.212 e. The highest BCUT2D eigenvalue weighted by atomic mass is 16.5. The molecule has 0 aliphatic rings. The Morgan fingerprint density at radius 2 is 2.21 bits per heavy atom. The van der Waals surface area contributed by atoms with Crippen molar-refractivity contribution in [1.82, 2.24) is 9.88 Å². The van der Waals surface area contributed by atoms with Gasteiger partial charge in [-0.25, -0.2) is 4.98 Å². The number of pyridine rings is 1. The Morgan fingerprint density at radius 1 is 1.50 bits per heavy atom. The third-order valence-electron chi connectivity index (χ3n) is 1.92. The minimum Gasteiger partial charge on any atom is -0.481 e. The summed E-state index contributed by atoms with van der Waals surface area (Å²) in [5, 5.41) is 8.93. The summed E-state index contributed by atoms with van der Waals surface area (Å²) < 4.78 is 4.94. The van der Waals surface area contributed by atoms with E-state index < -0.39 is 0 Å². The molecular weight excluding hydrogens is 178 g/mol. The molecule has 1 rings (SSSR count). The summed E-state index contributed by atoms with van der Waals surface area (Å²) in [5.41, 5.74) is 0.873. The molecule has 0 saturated carbocycles. The fourth-order valence-corrected chi connectivity index (χ4v) is 1.16. The van der Waals surface area contributed by atoms with E-state index in [2.05, 4.69) is 11.1 Å². The van der Waals surface area contributed by atoms with Crippen molar-refractivity contribution in [2.24, 2.45) is 0 Å². The average molecular weight is 191 g/mol. The number of nitrogens with zero attached hydrogens (tertiary/aromatic N) is 3. The van der Waals surface area contributed by atoms with Gasteiger partial charge in [0.2, 0.25) is 5.88 Å². The number of nitriles is 1. The molecule has 0 saturated heterocycles. The minimum atomic E-state index is -0.256. The SMILES string of the molecule is COc1ccc(C(C#N)N(C)C)cn1. The standard InChI is InChI=1S/C10H13N3O/c1-13(2)9(6-11)8-4-5-10(14-3)12-7-8/h4-5,7,9H,1-3H3. The zero-order valence-corrected chi connectivity index (χ0v) is 8.56. The first-order valence-electron chi connectivity index (χ1n) is 4.25. The van der Waals surface area contributed by atoms with Crippen molar-refractivity contribution in [3.8, 4) is 11.9 Å². The van der Waals surface area contributed by atoms with Crippen molar-refractivity contribution in [3.63, 3.8) is 0 Å². The van der Waals surface area contributed by atoms with Crippen LogP contribution in [0, 0.1) is 11.3 Å². The van der Waals surface area contributed by atoms with Crippen LogP contribution in [0.2, 0.25) is 0 Å². The summed E-state index contributed by atoms with van der Waals surface area (Å²) in [6.07, 6.45) is 1.66. The highest BCUT2D eigenvalue weighted by Gasteiger charge is 2.12. The molecule has 14 heavy (non-hydrogen) atoms. The lowest BCUT2D eigenvalue weighted by molar-refractivity contribution is 0.355. The van der Waals surface area contributed by atoms with Gasteiger partial charge in [-0.15, -0.1) is 0 Å². The first-order chi connectivity index (χ1) is 6.69. The van der Waals surface area contributed by atoms with E-state index in [0.29, 0.717) is 5.88 Å². The fourth-order valence-electron chi connectivity index (χ4n) is 1.16. The van der Waals surface area contributed by atoms with Crippen molar-refractivity contribution < 1.29 is 4.74 Å². The fraction of sp³-hybridized carbons (Fsp3) is 0.400. The van der Waals surface area contributed by atoms with Crippen LogP contribution >= 0.6 is 0 Å². The molecule has 0 aliphatic heterocycles. The van der Waals surface area contributed by atoms with E-state index in [1.165, 1.54) is 0 Å². The van der Waals surface area contributed by atoms with Gasteiger partial charge in [-0.05, 0) is 20.2 Å². The molecule has 0 aliphatic carbocycles. The predicted molar refractivity (Wildman–Crippen MR) is 52.8 cm³/mol. The molecule has 4 heteroatoms. The van der Waals surface area contributed by atoms with Gasteiger partial charge < -0.3 is 4.74 Å². The molecule has 0 N–H and O–H groups in total. The van der Waals surface area contributed by atoms with Gasteiger partial charge in [0, 0.05) is 17.8 Å². The van der Waals surface area contributed by atoms with Gasteiger partial charge in [-0.1, -0.05) is 0 Å².